The van der Waals surface area contributed by atoms with Gasteiger partial charge < -0.3 is 4.90 Å². The number of hydrogen-bond acceptors (Lipinski definition) is 1. The quantitative estimate of drug-likeness (QED) is 0.817. The van der Waals surface area contributed by atoms with Crippen molar-refractivity contribution >= 4 is 33.4 Å². The Morgan fingerprint density at radius 1 is 1.29 bits per heavy atom. The molecule has 1 aromatic carbocycles. The van der Waals surface area contributed by atoms with Gasteiger partial charge in [0.1, 0.15) is 0 Å². The summed E-state index contributed by atoms with van der Waals surface area (Å²) in [6.45, 7) is 6.24. The number of amides is 1. The lowest BCUT2D eigenvalue weighted by molar-refractivity contribution is 0.0707. The van der Waals surface area contributed by atoms with Crippen LogP contribution in [0.2, 0.25) is 5.02 Å². The Morgan fingerprint density at radius 2 is 1.88 bits per heavy atom. The van der Waals surface area contributed by atoms with Gasteiger partial charge in [0.25, 0.3) is 5.91 Å². The molecule has 0 aliphatic rings. The van der Waals surface area contributed by atoms with Crippen LogP contribution in [0.1, 0.15) is 31.1 Å². The lowest BCUT2D eigenvalue weighted by Gasteiger charge is -2.28. The Balaban J connectivity index is 2.96. The van der Waals surface area contributed by atoms with Gasteiger partial charge in [-0.05, 0) is 31.0 Å². The highest BCUT2D eigenvalue weighted by atomic mass is 79.9. The van der Waals surface area contributed by atoms with Gasteiger partial charge in [0.2, 0.25) is 0 Å². The number of rotatable bonds is 3. The lowest BCUT2D eigenvalue weighted by Crippen LogP contribution is -2.38. The molecule has 94 valence electrons. The van der Waals surface area contributed by atoms with Gasteiger partial charge in [-0.2, -0.15) is 0 Å². The first kappa shape index (κ1) is 14.5. The number of nitrogens with zero attached hydrogens (tertiary/aromatic N) is 1. The van der Waals surface area contributed by atoms with E-state index in [0.717, 1.165) is 4.47 Å². The van der Waals surface area contributed by atoms with Gasteiger partial charge in [0, 0.05) is 28.1 Å². The van der Waals surface area contributed by atoms with Crippen molar-refractivity contribution in [2.75, 3.05) is 7.05 Å². The van der Waals surface area contributed by atoms with Crippen molar-refractivity contribution < 1.29 is 4.79 Å². The third kappa shape index (κ3) is 3.71. The summed E-state index contributed by atoms with van der Waals surface area (Å²) >= 11 is 9.28. The van der Waals surface area contributed by atoms with Crippen LogP contribution in [0.3, 0.4) is 0 Å². The summed E-state index contributed by atoms with van der Waals surface area (Å²) in [4.78, 5) is 14.0. The normalized spacial score (nSPS) is 12.6. The molecule has 0 N–H and O–H groups in total. The van der Waals surface area contributed by atoms with E-state index in [4.69, 9.17) is 11.6 Å². The minimum Gasteiger partial charge on any atom is -0.339 e. The summed E-state index contributed by atoms with van der Waals surface area (Å²) in [5.41, 5.74) is 0.611. The van der Waals surface area contributed by atoms with Crippen LogP contribution in [0, 0.1) is 5.92 Å². The largest absolute Gasteiger partial charge is 0.339 e. The zero-order valence-electron chi connectivity index (χ0n) is 10.5. The van der Waals surface area contributed by atoms with E-state index in [-0.39, 0.29) is 11.9 Å². The average Bonchev–Trinajstić information content (AvgIpc) is 2.24. The van der Waals surface area contributed by atoms with E-state index in [1.165, 1.54) is 0 Å². The Bertz CT molecular complexity index is 400. The predicted octanol–water partition coefficient (Wildman–Crippen LogP) is 4.22. The van der Waals surface area contributed by atoms with Crippen molar-refractivity contribution in [2.24, 2.45) is 5.92 Å². The van der Waals surface area contributed by atoms with Gasteiger partial charge in [-0.25, -0.2) is 0 Å². The minimum absolute atomic E-state index is 0.00519. The van der Waals surface area contributed by atoms with E-state index in [2.05, 4.69) is 29.8 Å². The van der Waals surface area contributed by atoms with E-state index in [1.54, 1.807) is 23.1 Å². The second-order valence-corrected chi connectivity index (χ2v) is 5.91. The van der Waals surface area contributed by atoms with E-state index >= 15 is 0 Å². The van der Waals surface area contributed by atoms with E-state index in [0.29, 0.717) is 16.5 Å². The number of carbonyl (C=O) groups excluding carboxylic acids is 1. The Kier molecular flexibility index (Phi) is 5.02. The fraction of sp³-hybridized carbons (Fsp3) is 0.462. The van der Waals surface area contributed by atoms with Crippen LogP contribution in [-0.2, 0) is 0 Å². The van der Waals surface area contributed by atoms with E-state index in [9.17, 15) is 4.79 Å². The topological polar surface area (TPSA) is 20.3 Å². The highest BCUT2D eigenvalue weighted by molar-refractivity contribution is 9.10. The number of carbonyl (C=O) groups is 1. The van der Waals surface area contributed by atoms with Crippen LogP contribution in [0.25, 0.3) is 0 Å². The summed E-state index contributed by atoms with van der Waals surface area (Å²) in [7, 11) is 1.82. The first-order valence-corrected chi connectivity index (χ1v) is 6.73. The minimum atomic E-state index is -0.00519. The standard InChI is InChI=1S/C13H17BrClNO/c1-8(2)9(3)16(4)13(17)10-5-11(14)7-12(15)6-10/h5-9H,1-4H3. The number of benzene rings is 1. The first-order chi connectivity index (χ1) is 7.82. The van der Waals surface area contributed by atoms with Crippen molar-refractivity contribution in [1.82, 2.24) is 4.90 Å². The highest BCUT2D eigenvalue weighted by Gasteiger charge is 2.20. The molecule has 1 atom stereocenters. The SMILES string of the molecule is CC(C)C(C)N(C)C(=O)c1cc(Cl)cc(Br)c1. The zero-order chi connectivity index (χ0) is 13.2. The fourth-order valence-electron chi connectivity index (χ4n) is 1.51. The summed E-state index contributed by atoms with van der Waals surface area (Å²) in [6, 6.07) is 5.44. The molecule has 0 aliphatic heterocycles. The molecule has 0 fully saturated rings. The van der Waals surface area contributed by atoms with Gasteiger partial charge in [0.05, 0.1) is 0 Å². The van der Waals surface area contributed by atoms with Crippen molar-refractivity contribution in [3.8, 4) is 0 Å². The van der Waals surface area contributed by atoms with Crippen molar-refractivity contribution in [3.63, 3.8) is 0 Å². The number of hydrogen-bond donors (Lipinski definition) is 0. The molecular weight excluding hydrogens is 302 g/mol. The van der Waals surface area contributed by atoms with Gasteiger partial charge in [-0.15, -0.1) is 0 Å². The van der Waals surface area contributed by atoms with Crippen molar-refractivity contribution in [1.29, 1.82) is 0 Å². The number of halogens is 2. The summed E-state index contributed by atoms with van der Waals surface area (Å²) in [6.07, 6.45) is 0. The molecule has 1 rings (SSSR count). The maximum Gasteiger partial charge on any atom is 0.253 e. The van der Waals surface area contributed by atoms with Crippen molar-refractivity contribution in [3.05, 3.63) is 33.3 Å². The van der Waals surface area contributed by atoms with Crippen LogP contribution < -0.4 is 0 Å². The van der Waals surface area contributed by atoms with Gasteiger partial charge in [-0.1, -0.05) is 41.4 Å². The van der Waals surface area contributed by atoms with E-state index < -0.39 is 0 Å². The lowest BCUT2D eigenvalue weighted by atomic mass is 10.0. The Hall–Kier alpha value is -0.540. The average molecular weight is 319 g/mol. The van der Waals surface area contributed by atoms with Crippen LogP contribution in [0.4, 0.5) is 0 Å². The second kappa shape index (κ2) is 5.87. The van der Waals surface area contributed by atoms with Crippen LogP contribution >= 0.6 is 27.5 Å². The molecule has 2 nitrogen and oxygen atoms in total. The Morgan fingerprint density at radius 3 is 2.35 bits per heavy atom. The molecule has 4 heteroatoms. The summed E-state index contributed by atoms with van der Waals surface area (Å²) < 4.78 is 0.818. The third-order valence-corrected chi connectivity index (χ3v) is 3.68. The maximum absolute atomic E-state index is 12.2. The van der Waals surface area contributed by atoms with Gasteiger partial charge >= 0.3 is 0 Å². The maximum atomic E-state index is 12.2. The first-order valence-electron chi connectivity index (χ1n) is 5.56. The summed E-state index contributed by atoms with van der Waals surface area (Å²) in [5.74, 6) is 0.418. The van der Waals surface area contributed by atoms with Crippen LogP contribution in [0.15, 0.2) is 22.7 Å². The fourth-order valence-corrected chi connectivity index (χ4v) is 2.37. The monoisotopic (exact) mass is 317 g/mol. The molecular formula is C13H17BrClNO. The molecule has 0 radical (unpaired) electrons. The van der Waals surface area contributed by atoms with Crippen LogP contribution in [-0.4, -0.2) is 23.9 Å². The molecule has 0 heterocycles. The highest BCUT2D eigenvalue weighted by Crippen LogP contribution is 2.21. The molecule has 1 amide bonds. The Labute approximate surface area is 116 Å². The molecule has 0 spiro atoms. The van der Waals surface area contributed by atoms with Crippen molar-refractivity contribution in [2.45, 2.75) is 26.8 Å². The molecule has 0 saturated carbocycles. The molecule has 0 aliphatic carbocycles. The molecule has 0 saturated heterocycles. The molecule has 0 bridgehead atoms. The summed E-state index contributed by atoms with van der Waals surface area (Å²) in [5, 5.41) is 0.563. The smallest absolute Gasteiger partial charge is 0.253 e. The zero-order valence-corrected chi connectivity index (χ0v) is 12.8. The molecule has 0 aromatic heterocycles. The predicted molar refractivity (Wildman–Crippen MR) is 75.5 cm³/mol. The van der Waals surface area contributed by atoms with Gasteiger partial charge in [0.15, 0.2) is 0 Å². The van der Waals surface area contributed by atoms with Gasteiger partial charge in [-0.3, -0.25) is 4.79 Å². The third-order valence-electron chi connectivity index (χ3n) is 3.01. The van der Waals surface area contributed by atoms with E-state index in [1.807, 2.05) is 14.0 Å². The molecule has 1 unspecified atom stereocenters. The second-order valence-electron chi connectivity index (χ2n) is 4.56. The molecule has 1 aromatic rings. The molecule has 17 heavy (non-hydrogen) atoms. The van der Waals surface area contributed by atoms with Crippen LogP contribution in [0.5, 0.6) is 0 Å².